The molecule has 0 aliphatic carbocycles. The molecule has 1 aromatic carbocycles. The van der Waals surface area contributed by atoms with Crippen LogP contribution in [0.1, 0.15) is 27.7 Å². The van der Waals surface area contributed by atoms with Crippen molar-refractivity contribution in [3.05, 3.63) is 89.1 Å². The first kappa shape index (κ1) is 19.2. The van der Waals surface area contributed by atoms with E-state index < -0.39 is 6.04 Å². The third-order valence-corrected chi connectivity index (χ3v) is 4.71. The van der Waals surface area contributed by atoms with Crippen LogP contribution in [0, 0.1) is 0 Å². The number of furan rings is 1. The summed E-state index contributed by atoms with van der Waals surface area (Å²) in [6.45, 7) is 0.221. The predicted octanol–water partition coefficient (Wildman–Crippen LogP) is 3.25. The highest BCUT2D eigenvalue weighted by Gasteiger charge is 2.34. The first-order valence-corrected chi connectivity index (χ1v) is 9.08. The Labute approximate surface area is 167 Å². The van der Waals surface area contributed by atoms with Crippen molar-refractivity contribution < 1.29 is 18.9 Å². The Balaban J connectivity index is 1.93. The van der Waals surface area contributed by atoms with Crippen LogP contribution >= 0.6 is 23.8 Å². The number of nitrogens with zero attached hydrogens (tertiary/aromatic N) is 1. The van der Waals surface area contributed by atoms with Gasteiger partial charge in [0.15, 0.2) is 17.4 Å². The Bertz CT molecular complexity index is 944. The van der Waals surface area contributed by atoms with Gasteiger partial charge in [0.1, 0.15) is 5.76 Å². The van der Waals surface area contributed by atoms with Crippen molar-refractivity contribution in [1.82, 2.24) is 5.32 Å². The monoisotopic (exact) mass is 401 g/mol. The third kappa shape index (κ3) is 4.60. The minimum atomic E-state index is -0.804. The molecule has 0 spiro atoms. The van der Waals surface area contributed by atoms with Crippen molar-refractivity contribution in [1.29, 1.82) is 0 Å². The maximum absolute atomic E-state index is 13.2. The third-order valence-electron chi connectivity index (χ3n) is 4.02. The molecule has 138 valence electrons. The second kappa shape index (κ2) is 8.90. The summed E-state index contributed by atoms with van der Waals surface area (Å²) in [6.07, 6.45) is 5.01. The fraction of sp³-hybridized carbons (Fsp3) is 0.150. The van der Waals surface area contributed by atoms with Gasteiger partial charge in [-0.15, -0.1) is 0 Å². The normalized spacial score (nSPS) is 11.8. The summed E-state index contributed by atoms with van der Waals surface area (Å²) >= 11 is 11.8. The highest BCUT2D eigenvalue weighted by Crippen LogP contribution is 2.20. The number of carbonyl (C=O) groups is 1. The van der Waals surface area contributed by atoms with E-state index in [9.17, 15) is 9.90 Å². The average molecular weight is 402 g/mol. The lowest BCUT2D eigenvalue weighted by Crippen LogP contribution is -2.51. The number of aromatic nitrogens is 1. The minimum absolute atomic E-state index is 0.138. The van der Waals surface area contributed by atoms with Crippen LogP contribution in [-0.4, -0.2) is 15.9 Å². The van der Waals surface area contributed by atoms with Crippen molar-refractivity contribution >= 4 is 34.6 Å². The number of ketones is 1. The Morgan fingerprint density at radius 3 is 2.74 bits per heavy atom. The number of carbonyl (C=O) groups excluding carboxylic acids is 1. The Morgan fingerprint density at radius 1 is 1.22 bits per heavy atom. The number of aliphatic hydroxyl groups excluding tert-OH is 1. The largest absolute Gasteiger partial charge is 0.467 e. The summed E-state index contributed by atoms with van der Waals surface area (Å²) in [4.78, 5) is 13.6. The second-order valence-electron chi connectivity index (χ2n) is 5.86. The topological polar surface area (TPSA) is 66.4 Å². The molecule has 0 amide bonds. The maximum atomic E-state index is 13.2. The minimum Gasteiger partial charge on any atom is -0.467 e. The zero-order valence-electron chi connectivity index (χ0n) is 14.3. The zero-order chi connectivity index (χ0) is 19.2. The van der Waals surface area contributed by atoms with Gasteiger partial charge >= 0.3 is 0 Å². The highest BCUT2D eigenvalue weighted by atomic mass is 35.5. The second-order valence-corrected chi connectivity index (χ2v) is 6.71. The van der Waals surface area contributed by atoms with Crippen LogP contribution in [0.25, 0.3) is 0 Å². The van der Waals surface area contributed by atoms with E-state index in [0.29, 0.717) is 33.4 Å². The Hall–Kier alpha value is -2.54. The number of hydrogen-bond acceptors (Lipinski definition) is 4. The number of aliphatic hydroxyl groups is 1. The first-order valence-electron chi connectivity index (χ1n) is 8.29. The van der Waals surface area contributed by atoms with Crippen LogP contribution in [0.15, 0.2) is 71.6 Å². The van der Waals surface area contributed by atoms with Gasteiger partial charge < -0.3 is 14.8 Å². The molecule has 0 aliphatic heterocycles. The van der Waals surface area contributed by atoms with E-state index in [2.05, 4.69) is 5.32 Å². The van der Waals surface area contributed by atoms with Gasteiger partial charge in [0, 0.05) is 17.2 Å². The highest BCUT2D eigenvalue weighted by molar-refractivity contribution is 7.80. The molecular weight excluding hydrogens is 384 g/mol. The fourth-order valence-corrected chi connectivity index (χ4v) is 3.21. The lowest BCUT2D eigenvalue weighted by Gasteiger charge is -2.15. The molecule has 2 N–H and O–H groups in total. The standard InChI is InChI=1S/C20H17ClN2O3S/c21-17-8-2-1-7-16(17)19(25)18(23-9-3-5-14(12-23)13-24)20(27)22-11-15-6-4-10-26-15/h1-10,12,18,24H,11,13H2/p+1/t18-/m0/s1. The summed E-state index contributed by atoms with van der Waals surface area (Å²) in [6, 6.07) is 13.2. The van der Waals surface area contributed by atoms with Crippen molar-refractivity contribution in [2.24, 2.45) is 0 Å². The number of pyridine rings is 1. The lowest BCUT2D eigenvalue weighted by atomic mass is 10.0. The molecule has 3 rings (SSSR count). The van der Waals surface area contributed by atoms with Gasteiger partial charge in [0.25, 0.3) is 6.04 Å². The van der Waals surface area contributed by atoms with Crippen LogP contribution in [0.2, 0.25) is 5.02 Å². The molecule has 2 aromatic heterocycles. The summed E-state index contributed by atoms with van der Waals surface area (Å²) in [5.74, 6) is 0.466. The van der Waals surface area contributed by atoms with Gasteiger partial charge in [-0.25, -0.2) is 0 Å². The molecule has 0 aliphatic rings. The van der Waals surface area contributed by atoms with Crippen LogP contribution in [0.4, 0.5) is 0 Å². The van der Waals surface area contributed by atoms with Gasteiger partial charge in [-0.1, -0.05) is 36.0 Å². The number of halogens is 1. The summed E-state index contributed by atoms with van der Waals surface area (Å²) < 4.78 is 6.98. The van der Waals surface area contributed by atoms with Crippen molar-refractivity contribution in [3.8, 4) is 0 Å². The molecule has 0 saturated carbocycles. The van der Waals surface area contributed by atoms with E-state index in [4.69, 9.17) is 28.2 Å². The van der Waals surface area contributed by atoms with Gasteiger partial charge in [-0.3, -0.25) is 4.79 Å². The van der Waals surface area contributed by atoms with E-state index in [1.807, 2.05) is 6.07 Å². The van der Waals surface area contributed by atoms with Gasteiger partial charge in [-0.2, -0.15) is 4.57 Å². The molecule has 0 saturated heterocycles. The number of benzene rings is 1. The zero-order valence-corrected chi connectivity index (χ0v) is 15.9. The summed E-state index contributed by atoms with van der Waals surface area (Å²) in [5, 5.41) is 12.9. The molecule has 0 bridgehead atoms. The van der Waals surface area contributed by atoms with E-state index in [0.717, 1.165) is 0 Å². The van der Waals surface area contributed by atoms with Crippen molar-refractivity contribution in [3.63, 3.8) is 0 Å². The van der Waals surface area contributed by atoms with E-state index in [1.54, 1.807) is 65.7 Å². The molecule has 27 heavy (non-hydrogen) atoms. The van der Waals surface area contributed by atoms with Gasteiger partial charge in [-0.05, 0) is 30.3 Å². The fourth-order valence-electron chi connectivity index (χ4n) is 2.68. The Morgan fingerprint density at radius 2 is 2.04 bits per heavy atom. The van der Waals surface area contributed by atoms with Crippen LogP contribution in [0.5, 0.6) is 0 Å². The molecule has 2 heterocycles. The molecule has 0 fully saturated rings. The summed E-state index contributed by atoms with van der Waals surface area (Å²) in [7, 11) is 0. The van der Waals surface area contributed by atoms with Crippen LogP contribution < -0.4 is 9.88 Å². The number of nitrogens with one attached hydrogen (secondary N) is 1. The maximum Gasteiger partial charge on any atom is 0.270 e. The van der Waals surface area contributed by atoms with E-state index in [1.165, 1.54) is 0 Å². The number of rotatable bonds is 7. The summed E-state index contributed by atoms with van der Waals surface area (Å²) in [5.41, 5.74) is 1.05. The molecule has 0 unspecified atom stereocenters. The van der Waals surface area contributed by atoms with Crippen molar-refractivity contribution in [2.75, 3.05) is 0 Å². The predicted molar refractivity (Wildman–Crippen MR) is 106 cm³/mol. The smallest absolute Gasteiger partial charge is 0.270 e. The molecular formula is C20H18ClN2O3S+. The molecule has 1 atom stereocenters. The number of thiocarbonyl (C=S) groups is 1. The quantitative estimate of drug-likeness (QED) is 0.361. The number of hydrogen-bond donors (Lipinski definition) is 2. The van der Waals surface area contributed by atoms with Gasteiger partial charge in [0.2, 0.25) is 5.78 Å². The van der Waals surface area contributed by atoms with E-state index >= 15 is 0 Å². The Kier molecular flexibility index (Phi) is 6.34. The molecule has 5 nitrogen and oxygen atoms in total. The average Bonchev–Trinajstić information content (AvgIpc) is 3.20. The van der Waals surface area contributed by atoms with Crippen LogP contribution in [-0.2, 0) is 13.2 Å². The molecule has 3 aromatic rings. The van der Waals surface area contributed by atoms with Crippen molar-refractivity contribution in [2.45, 2.75) is 19.2 Å². The van der Waals surface area contributed by atoms with Gasteiger partial charge in [0.05, 0.1) is 24.4 Å². The van der Waals surface area contributed by atoms with Crippen LogP contribution in [0.3, 0.4) is 0 Å². The molecule has 7 heteroatoms. The van der Waals surface area contributed by atoms with E-state index in [-0.39, 0.29) is 12.4 Å². The first-order chi connectivity index (χ1) is 13.1. The SMILES string of the molecule is O=C(c1ccccc1Cl)[C@@H](C(=S)NCc1ccco1)[n+]1cccc(CO)c1. The lowest BCUT2D eigenvalue weighted by molar-refractivity contribution is -0.692. The number of Topliss-reactive ketones (excluding diaryl/α,β-unsaturated/α-hetero) is 1. The molecule has 0 radical (unpaired) electrons.